The molecule has 28 heavy (non-hydrogen) atoms. The van der Waals surface area contributed by atoms with E-state index in [0.29, 0.717) is 30.3 Å². The molecular formula is C19H30ClN3O4S. The Morgan fingerprint density at radius 1 is 1.39 bits per heavy atom. The number of fused-ring (bicyclic) bond motifs is 1. The molecule has 1 amide bonds. The van der Waals surface area contributed by atoms with E-state index >= 15 is 0 Å². The molecule has 3 rings (SSSR count). The molecule has 2 heterocycles. The Kier molecular flexibility index (Phi) is 7.73. The maximum absolute atomic E-state index is 12.8. The van der Waals surface area contributed by atoms with E-state index in [1.54, 1.807) is 0 Å². The van der Waals surface area contributed by atoms with Crippen LogP contribution in [0, 0.1) is 0 Å². The van der Waals surface area contributed by atoms with Gasteiger partial charge in [-0.3, -0.25) is 9.69 Å². The van der Waals surface area contributed by atoms with Gasteiger partial charge in [0.2, 0.25) is 10.0 Å². The van der Waals surface area contributed by atoms with Crippen LogP contribution >= 0.6 is 12.4 Å². The van der Waals surface area contributed by atoms with Crippen molar-refractivity contribution in [3.63, 3.8) is 0 Å². The van der Waals surface area contributed by atoms with Crippen molar-refractivity contribution in [1.29, 1.82) is 0 Å². The number of halogens is 1. The van der Waals surface area contributed by atoms with Crippen LogP contribution in [0.2, 0.25) is 0 Å². The lowest BCUT2D eigenvalue weighted by atomic mass is 10.1. The topological polar surface area (TPSA) is 102 Å². The molecule has 1 aromatic carbocycles. The molecule has 2 aliphatic rings. The molecule has 1 fully saturated rings. The van der Waals surface area contributed by atoms with Gasteiger partial charge in [-0.05, 0) is 57.0 Å². The van der Waals surface area contributed by atoms with Gasteiger partial charge in [-0.25, -0.2) is 13.6 Å². The number of hydrogen-bond donors (Lipinski definition) is 2. The molecule has 3 N–H and O–H groups in total. The Hall–Kier alpha value is -1.35. The van der Waals surface area contributed by atoms with Crippen LogP contribution < -0.4 is 15.2 Å². The van der Waals surface area contributed by atoms with Crippen LogP contribution in [0.25, 0.3) is 0 Å². The number of primary sulfonamides is 1. The van der Waals surface area contributed by atoms with Gasteiger partial charge in [0.05, 0.1) is 10.5 Å². The fraction of sp³-hybridized carbons (Fsp3) is 0.632. The average molecular weight is 432 g/mol. The van der Waals surface area contributed by atoms with E-state index in [1.165, 1.54) is 12.1 Å². The maximum atomic E-state index is 12.8. The lowest BCUT2D eigenvalue weighted by Crippen LogP contribution is -2.40. The van der Waals surface area contributed by atoms with Crippen LogP contribution in [-0.4, -0.2) is 51.0 Å². The van der Waals surface area contributed by atoms with Crippen LogP contribution in [0.4, 0.5) is 0 Å². The number of likely N-dealkylation sites (tertiary alicyclic amines) is 1. The van der Waals surface area contributed by atoms with Crippen molar-refractivity contribution in [3.05, 3.63) is 23.3 Å². The van der Waals surface area contributed by atoms with E-state index in [9.17, 15) is 13.2 Å². The third-order valence-electron chi connectivity index (χ3n) is 5.34. The summed E-state index contributed by atoms with van der Waals surface area (Å²) in [7, 11) is -3.89. The van der Waals surface area contributed by atoms with Crippen LogP contribution in [0.5, 0.6) is 5.75 Å². The van der Waals surface area contributed by atoms with Crippen molar-refractivity contribution >= 4 is 28.3 Å². The fourth-order valence-corrected chi connectivity index (χ4v) is 4.51. The van der Waals surface area contributed by atoms with Gasteiger partial charge in [0.25, 0.3) is 5.91 Å². The SMILES string of the molecule is CCCCN1CCCC1CNC(=O)c1cc(S(N)(=O)=O)cc2c1OC(C)C2.Cl. The lowest BCUT2D eigenvalue weighted by Gasteiger charge is -2.24. The highest BCUT2D eigenvalue weighted by molar-refractivity contribution is 7.89. The number of carbonyl (C=O) groups is 1. The maximum Gasteiger partial charge on any atom is 0.255 e. The van der Waals surface area contributed by atoms with E-state index in [2.05, 4.69) is 17.1 Å². The summed E-state index contributed by atoms with van der Waals surface area (Å²) in [6.07, 6.45) is 4.97. The Bertz CT molecular complexity index is 816. The standard InChI is InChI=1S/C19H29N3O4S.ClH/c1-3-4-7-22-8-5-6-15(22)12-21-19(23)17-11-16(27(20,24)25)10-14-9-13(2)26-18(14)17;/h10-11,13,15H,3-9,12H2,1-2H3,(H,21,23)(H2,20,24,25);1H. The van der Waals surface area contributed by atoms with Gasteiger partial charge in [0, 0.05) is 19.0 Å². The Morgan fingerprint density at radius 3 is 2.82 bits per heavy atom. The summed E-state index contributed by atoms with van der Waals surface area (Å²) in [6.45, 7) is 6.73. The first-order valence-corrected chi connectivity index (χ1v) is 11.2. The minimum absolute atomic E-state index is 0. The summed E-state index contributed by atoms with van der Waals surface area (Å²) in [5.74, 6) is 0.162. The molecule has 0 radical (unpaired) electrons. The summed E-state index contributed by atoms with van der Waals surface area (Å²) < 4.78 is 29.4. The van der Waals surface area contributed by atoms with Crippen molar-refractivity contribution in [1.82, 2.24) is 10.2 Å². The van der Waals surface area contributed by atoms with Crippen molar-refractivity contribution in [2.45, 2.75) is 63.0 Å². The Morgan fingerprint density at radius 2 is 2.14 bits per heavy atom. The van der Waals surface area contributed by atoms with Gasteiger partial charge in [0.15, 0.2) is 0 Å². The zero-order valence-electron chi connectivity index (χ0n) is 16.4. The van der Waals surface area contributed by atoms with Crippen molar-refractivity contribution in [2.24, 2.45) is 5.14 Å². The molecule has 2 atom stereocenters. The number of nitrogens with two attached hydrogens (primary N) is 1. The number of unbranched alkanes of at least 4 members (excludes halogenated alkanes) is 1. The first-order valence-electron chi connectivity index (χ1n) is 9.68. The Balaban J connectivity index is 0.00000280. The van der Waals surface area contributed by atoms with E-state index in [1.807, 2.05) is 6.92 Å². The summed E-state index contributed by atoms with van der Waals surface area (Å²) in [5.41, 5.74) is 0.962. The number of amides is 1. The number of carbonyl (C=O) groups excluding carboxylic acids is 1. The molecule has 1 aromatic rings. The van der Waals surface area contributed by atoms with Gasteiger partial charge in [-0.1, -0.05) is 13.3 Å². The van der Waals surface area contributed by atoms with Gasteiger partial charge in [-0.2, -0.15) is 0 Å². The van der Waals surface area contributed by atoms with Gasteiger partial charge in [0.1, 0.15) is 11.9 Å². The largest absolute Gasteiger partial charge is 0.489 e. The second kappa shape index (κ2) is 9.43. The predicted octanol–water partition coefficient (Wildman–Crippen LogP) is 2.07. The molecular weight excluding hydrogens is 402 g/mol. The van der Waals surface area contributed by atoms with E-state index < -0.39 is 10.0 Å². The van der Waals surface area contributed by atoms with Gasteiger partial charge >= 0.3 is 0 Å². The van der Waals surface area contributed by atoms with Crippen molar-refractivity contribution < 1.29 is 17.9 Å². The zero-order chi connectivity index (χ0) is 19.6. The van der Waals surface area contributed by atoms with E-state index in [-0.39, 0.29) is 34.9 Å². The highest BCUT2D eigenvalue weighted by Crippen LogP contribution is 2.35. The first kappa shape index (κ1) is 22.9. The smallest absolute Gasteiger partial charge is 0.255 e. The number of benzene rings is 1. The highest BCUT2D eigenvalue weighted by atomic mass is 35.5. The van der Waals surface area contributed by atoms with Gasteiger partial charge in [-0.15, -0.1) is 12.4 Å². The van der Waals surface area contributed by atoms with E-state index in [0.717, 1.165) is 38.8 Å². The second-order valence-corrected chi connectivity index (χ2v) is 9.09. The second-order valence-electron chi connectivity index (χ2n) is 7.53. The molecule has 0 aromatic heterocycles. The zero-order valence-corrected chi connectivity index (χ0v) is 18.1. The number of nitrogens with zero attached hydrogens (tertiary/aromatic N) is 1. The van der Waals surface area contributed by atoms with E-state index in [4.69, 9.17) is 9.88 Å². The molecule has 9 heteroatoms. The minimum atomic E-state index is -3.89. The molecule has 0 spiro atoms. The van der Waals surface area contributed by atoms with Crippen LogP contribution in [0.15, 0.2) is 17.0 Å². The molecule has 2 aliphatic heterocycles. The summed E-state index contributed by atoms with van der Waals surface area (Å²) >= 11 is 0. The van der Waals surface area contributed by atoms with Crippen molar-refractivity contribution in [3.8, 4) is 5.75 Å². The van der Waals surface area contributed by atoms with Gasteiger partial charge < -0.3 is 10.1 Å². The highest BCUT2D eigenvalue weighted by Gasteiger charge is 2.29. The summed E-state index contributed by atoms with van der Waals surface area (Å²) in [6, 6.07) is 3.16. The van der Waals surface area contributed by atoms with Crippen LogP contribution in [-0.2, 0) is 16.4 Å². The van der Waals surface area contributed by atoms with Crippen molar-refractivity contribution in [2.75, 3.05) is 19.6 Å². The molecule has 2 unspecified atom stereocenters. The van der Waals surface area contributed by atoms with Crippen LogP contribution in [0.1, 0.15) is 55.5 Å². The number of hydrogen-bond acceptors (Lipinski definition) is 5. The molecule has 0 bridgehead atoms. The molecule has 7 nitrogen and oxygen atoms in total. The summed E-state index contributed by atoms with van der Waals surface area (Å²) in [5, 5.41) is 8.26. The normalized spacial score (nSPS) is 21.7. The first-order chi connectivity index (χ1) is 12.8. The molecule has 1 saturated heterocycles. The third kappa shape index (κ3) is 5.17. The average Bonchev–Trinajstić information content (AvgIpc) is 3.20. The summed E-state index contributed by atoms with van der Waals surface area (Å²) in [4.78, 5) is 15.2. The number of ether oxygens (including phenoxy) is 1. The van der Waals surface area contributed by atoms with Crippen LogP contribution in [0.3, 0.4) is 0 Å². The monoisotopic (exact) mass is 431 g/mol. The fourth-order valence-electron chi connectivity index (χ4n) is 3.92. The predicted molar refractivity (Wildman–Crippen MR) is 111 cm³/mol. The lowest BCUT2D eigenvalue weighted by molar-refractivity contribution is 0.0935. The number of nitrogens with one attached hydrogen (secondary N) is 1. The third-order valence-corrected chi connectivity index (χ3v) is 6.23. The quantitative estimate of drug-likeness (QED) is 0.688. The Labute approximate surface area is 173 Å². The minimum Gasteiger partial charge on any atom is -0.489 e. The number of rotatable bonds is 7. The number of sulfonamides is 1. The molecule has 0 aliphatic carbocycles. The molecule has 158 valence electrons. The molecule has 0 saturated carbocycles.